The van der Waals surface area contributed by atoms with E-state index >= 15 is 0 Å². The second kappa shape index (κ2) is 9.95. The van der Waals surface area contributed by atoms with Crippen molar-refractivity contribution >= 4 is 30.2 Å². The molecule has 1 aliphatic rings. The molecule has 1 N–H and O–H groups in total. The van der Waals surface area contributed by atoms with E-state index in [2.05, 4.69) is 12.6 Å². The van der Waals surface area contributed by atoms with Crippen molar-refractivity contribution < 1.29 is 19.6 Å². The maximum atomic E-state index is 11.8. The lowest BCUT2D eigenvalue weighted by molar-refractivity contribution is -0.172. The Kier molecular flexibility index (Phi) is 8.61. The predicted molar refractivity (Wildman–Crippen MR) is 82.2 cm³/mol. The third-order valence-corrected chi connectivity index (χ3v) is 4.16. The van der Waals surface area contributed by atoms with Gasteiger partial charge in [0.05, 0.1) is 0 Å². The number of unbranched alkanes of at least 4 members (excludes halogenated alkanes) is 7. The van der Waals surface area contributed by atoms with E-state index in [0.717, 1.165) is 25.0 Å². The highest BCUT2D eigenvalue weighted by atomic mass is 32.1. The number of Topliss-reactive ketones (excluding diaryl/α,β-unsaturated/α-hetero) is 1. The maximum Gasteiger partial charge on any atom is 0.264 e. The maximum absolute atomic E-state index is 11.8. The van der Waals surface area contributed by atoms with Crippen molar-refractivity contribution in [1.82, 2.24) is 5.06 Å². The number of imide groups is 1. The van der Waals surface area contributed by atoms with Crippen LogP contribution < -0.4 is 0 Å². The molecule has 1 heterocycles. The van der Waals surface area contributed by atoms with E-state index in [9.17, 15) is 14.4 Å². The first-order chi connectivity index (χ1) is 10.1. The van der Waals surface area contributed by atoms with E-state index in [-0.39, 0.29) is 17.3 Å². The molecular weight excluding hydrogens is 290 g/mol. The Balaban J connectivity index is 2.04. The van der Waals surface area contributed by atoms with E-state index in [4.69, 9.17) is 5.21 Å². The van der Waals surface area contributed by atoms with Crippen molar-refractivity contribution in [2.45, 2.75) is 64.2 Å². The zero-order valence-corrected chi connectivity index (χ0v) is 13.3. The molecule has 0 spiro atoms. The summed E-state index contributed by atoms with van der Waals surface area (Å²) in [6.45, 7) is 0. The number of amides is 2. The van der Waals surface area contributed by atoms with Gasteiger partial charge in [0.2, 0.25) is 0 Å². The van der Waals surface area contributed by atoms with E-state index in [1.807, 2.05) is 0 Å². The first-order valence-electron chi connectivity index (χ1n) is 7.77. The van der Waals surface area contributed by atoms with Crippen molar-refractivity contribution in [2.75, 3.05) is 5.75 Å². The van der Waals surface area contributed by atoms with Gasteiger partial charge >= 0.3 is 0 Å². The van der Waals surface area contributed by atoms with Crippen LogP contribution >= 0.6 is 12.6 Å². The van der Waals surface area contributed by atoms with Crippen molar-refractivity contribution in [3.63, 3.8) is 0 Å². The third kappa shape index (κ3) is 6.18. The lowest BCUT2D eigenvalue weighted by atomic mass is 9.97. The zero-order valence-electron chi connectivity index (χ0n) is 12.4. The third-order valence-electron chi connectivity index (χ3n) is 3.84. The van der Waals surface area contributed by atoms with Gasteiger partial charge in [0.25, 0.3) is 11.8 Å². The molecule has 0 aromatic rings. The van der Waals surface area contributed by atoms with Gasteiger partial charge in [-0.15, -0.1) is 0 Å². The summed E-state index contributed by atoms with van der Waals surface area (Å²) in [7, 11) is 0. The van der Waals surface area contributed by atoms with Crippen LogP contribution in [0.25, 0.3) is 0 Å². The van der Waals surface area contributed by atoms with Gasteiger partial charge in [-0.25, -0.2) is 0 Å². The van der Waals surface area contributed by atoms with Gasteiger partial charge in [0, 0.05) is 12.8 Å². The minimum atomic E-state index is -0.955. The van der Waals surface area contributed by atoms with Crippen molar-refractivity contribution in [2.24, 2.45) is 5.92 Å². The van der Waals surface area contributed by atoms with E-state index in [1.54, 1.807) is 0 Å². The summed E-state index contributed by atoms with van der Waals surface area (Å²) >= 11 is 4.17. The van der Waals surface area contributed by atoms with Crippen molar-refractivity contribution in [1.29, 1.82) is 0 Å². The van der Waals surface area contributed by atoms with Gasteiger partial charge in [-0.3, -0.25) is 19.6 Å². The molecule has 0 aliphatic carbocycles. The number of ketones is 1. The van der Waals surface area contributed by atoms with E-state index < -0.39 is 17.7 Å². The van der Waals surface area contributed by atoms with Gasteiger partial charge in [-0.05, 0) is 18.6 Å². The van der Waals surface area contributed by atoms with Crippen LogP contribution in [0, 0.1) is 5.92 Å². The minimum absolute atomic E-state index is 0.0768. The van der Waals surface area contributed by atoms with Crippen molar-refractivity contribution in [3.8, 4) is 0 Å². The van der Waals surface area contributed by atoms with Crippen LogP contribution in [0.4, 0.5) is 0 Å². The zero-order chi connectivity index (χ0) is 15.7. The lowest BCUT2D eigenvalue weighted by Gasteiger charge is -2.06. The van der Waals surface area contributed by atoms with Crippen LogP contribution in [-0.2, 0) is 14.4 Å². The molecule has 0 bridgehead atoms. The topological polar surface area (TPSA) is 74.7 Å². The first-order valence-corrected chi connectivity index (χ1v) is 8.40. The first kappa shape index (κ1) is 18.2. The largest absolute Gasteiger partial charge is 0.299 e. The van der Waals surface area contributed by atoms with E-state index in [0.29, 0.717) is 6.42 Å². The minimum Gasteiger partial charge on any atom is -0.299 e. The molecule has 0 aromatic carbocycles. The number of rotatable bonds is 11. The lowest BCUT2D eigenvalue weighted by Crippen LogP contribution is -2.29. The van der Waals surface area contributed by atoms with Crippen LogP contribution in [0.2, 0.25) is 0 Å². The summed E-state index contributed by atoms with van der Waals surface area (Å²) < 4.78 is 0. The highest BCUT2D eigenvalue weighted by Gasteiger charge is 2.41. The van der Waals surface area contributed by atoms with Gasteiger partial charge in [-0.2, -0.15) is 17.7 Å². The van der Waals surface area contributed by atoms with Crippen LogP contribution in [-0.4, -0.2) is 33.6 Å². The number of carbonyl (C=O) groups excluding carboxylic acids is 3. The second-order valence-electron chi connectivity index (χ2n) is 5.57. The number of hydrogen-bond acceptors (Lipinski definition) is 5. The molecule has 1 unspecified atom stereocenters. The van der Waals surface area contributed by atoms with Crippen molar-refractivity contribution in [3.05, 3.63) is 0 Å². The Labute approximate surface area is 131 Å². The Morgan fingerprint density at radius 3 is 2.05 bits per heavy atom. The molecule has 2 amide bonds. The fourth-order valence-corrected chi connectivity index (χ4v) is 2.74. The van der Waals surface area contributed by atoms with Crippen LogP contribution in [0.15, 0.2) is 0 Å². The summed E-state index contributed by atoms with van der Waals surface area (Å²) in [6, 6.07) is 0. The molecule has 0 aromatic heterocycles. The number of thiol groups is 1. The number of nitrogens with zero attached hydrogens (tertiary/aromatic N) is 1. The summed E-state index contributed by atoms with van der Waals surface area (Å²) in [5.41, 5.74) is 0. The van der Waals surface area contributed by atoms with Gasteiger partial charge < -0.3 is 0 Å². The summed E-state index contributed by atoms with van der Waals surface area (Å²) in [5, 5.41) is 9.17. The number of hydroxylamine groups is 2. The molecule has 1 saturated heterocycles. The Morgan fingerprint density at radius 1 is 1.05 bits per heavy atom. The van der Waals surface area contributed by atoms with Crippen LogP contribution in [0.5, 0.6) is 0 Å². The Bertz CT molecular complexity index is 373. The Hall–Kier alpha value is -0.880. The fraction of sp³-hybridized carbons (Fsp3) is 0.800. The van der Waals surface area contributed by atoms with Gasteiger partial charge in [0.1, 0.15) is 11.7 Å². The Morgan fingerprint density at radius 2 is 1.57 bits per heavy atom. The monoisotopic (exact) mass is 315 g/mol. The molecule has 6 heteroatoms. The average molecular weight is 315 g/mol. The van der Waals surface area contributed by atoms with Gasteiger partial charge in [0.15, 0.2) is 0 Å². The van der Waals surface area contributed by atoms with E-state index in [1.165, 1.54) is 32.1 Å². The molecule has 1 rings (SSSR count). The smallest absolute Gasteiger partial charge is 0.264 e. The molecule has 0 radical (unpaired) electrons. The summed E-state index contributed by atoms with van der Waals surface area (Å²) in [5.74, 6) is -1.67. The normalized spacial score (nSPS) is 18.6. The molecule has 21 heavy (non-hydrogen) atoms. The highest BCUT2D eigenvalue weighted by molar-refractivity contribution is 7.80. The quantitative estimate of drug-likeness (QED) is 0.202. The molecule has 0 saturated carbocycles. The molecular formula is C15H25NO4S. The van der Waals surface area contributed by atoms with Crippen LogP contribution in [0.3, 0.4) is 0 Å². The molecule has 1 atom stereocenters. The summed E-state index contributed by atoms with van der Waals surface area (Å²) in [4.78, 5) is 34.4. The molecule has 5 nitrogen and oxygen atoms in total. The predicted octanol–water partition coefficient (Wildman–Crippen LogP) is 2.76. The average Bonchev–Trinajstić information content (AvgIpc) is 2.73. The molecule has 1 aliphatic heterocycles. The van der Waals surface area contributed by atoms with Crippen LogP contribution in [0.1, 0.15) is 64.2 Å². The van der Waals surface area contributed by atoms with Gasteiger partial charge in [-0.1, -0.05) is 38.5 Å². The molecule has 120 valence electrons. The number of carbonyl (C=O) groups is 3. The second-order valence-corrected chi connectivity index (χ2v) is 6.02. The molecule has 1 fully saturated rings. The standard InChI is InChI=1S/C15H25NO4S/c17-13(12-11-14(18)16(20)15(12)19)9-7-5-3-1-2-4-6-8-10-21/h12,20-21H,1-11H2. The number of hydrogen-bond donors (Lipinski definition) is 2. The summed E-state index contributed by atoms with van der Waals surface area (Å²) in [6.07, 6.45) is 8.99. The fourth-order valence-electron chi connectivity index (χ4n) is 2.52. The SMILES string of the molecule is O=C(CCCCCCCCCCS)C1CC(=O)N(O)C1=O. The highest BCUT2D eigenvalue weighted by Crippen LogP contribution is 2.21.